The smallest absolute Gasteiger partial charge is 0.119 e. The summed E-state index contributed by atoms with van der Waals surface area (Å²) in [6, 6.07) is 8.42. The zero-order chi connectivity index (χ0) is 13.1. The molecule has 0 bridgehead atoms. The lowest BCUT2D eigenvalue weighted by Gasteiger charge is -2.06. The van der Waals surface area contributed by atoms with Crippen LogP contribution >= 0.6 is 0 Å². The average molecular weight is 251 g/mol. The molecule has 0 saturated carbocycles. The largest absolute Gasteiger partial charge is 0.494 e. The fraction of sp³-hybridized carbons (Fsp3) is 0.600. The third kappa shape index (κ3) is 6.62. The highest BCUT2D eigenvalue weighted by atomic mass is 16.5. The Balaban J connectivity index is 2.14. The van der Waals surface area contributed by atoms with Crippen LogP contribution in [0, 0.1) is 0 Å². The molecule has 0 spiro atoms. The van der Waals surface area contributed by atoms with Gasteiger partial charge in [-0.15, -0.1) is 0 Å². The quantitative estimate of drug-likeness (QED) is 0.648. The summed E-state index contributed by atoms with van der Waals surface area (Å²) >= 11 is 0. The predicted molar refractivity (Wildman–Crippen MR) is 75.3 cm³/mol. The molecule has 0 atom stereocenters. The van der Waals surface area contributed by atoms with Crippen molar-refractivity contribution in [3.05, 3.63) is 29.8 Å². The number of nitrogens with one attached hydrogen (secondary N) is 1. The summed E-state index contributed by atoms with van der Waals surface area (Å²) in [5.41, 5.74) is 1.37. The van der Waals surface area contributed by atoms with Crippen LogP contribution in [0.2, 0.25) is 0 Å². The van der Waals surface area contributed by atoms with Gasteiger partial charge in [-0.25, -0.2) is 0 Å². The van der Waals surface area contributed by atoms with Crippen LogP contribution in [-0.4, -0.2) is 33.4 Å². The molecule has 0 aromatic heterocycles. The normalized spacial score (nSPS) is 10.6. The summed E-state index contributed by atoms with van der Waals surface area (Å²) < 4.78 is 10.5. The average Bonchev–Trinajstić information content (AvgIpc) is 2.42. The van der Waals surface area contributed by atoms with Gasteiger partial charge in [-0.1, -0.05) is 19.1 Å². The van der Waals surface area contributed by atoms with Crippen molar-refractivity contribution in [1.82, 2.24) is 5.32 Å². The van der Waals surface area contributed by atoms with Gasteiger partial charge in [-0.3, -0.25) is 0 Å². The molecule has 3 heteroatoms. The maximum absolute atomic E-state index is 5.55. The van der Waals surface area contributed by atoms with Crippen LogP contribution < -0.4 is 10.1 Å². The predicted octanol–water partition coefficient (Wildman–Crippen LogP) is 2.64. The van der Waals surface area contributed by atoms with Crippen LogP contribution in [0.1, 0.15) is 25.3 Å². The van der Waals surface area contributed by atoms with Gasteiger partial charge in [0.15, 0.2) is 0 Å². The Kier molecular flexibility index (Phi) is 8.26. The molecule has 3 nitrogen and oxygen atoms in total. The topological polar surface area (TPSA) is 30.5 Å². The molecule has 0 saturated heterocycles. The first-order chi connectivity index (χ1) is 8.86. The molecule has 0 heterocycles. The van der Waals surface area contributed by atoms with Gasteiger partial charge < -0.3 is 14.8 Å². The Morgan fingerprint density at radius 2 is 1.83 bits per heavy atom. The maximum Gasteiger partial charge on any atom is 0.119 e. The Morgan fingerprint density at radius 3 is 2.50 bits per heavy atom. The molecule has 0 aliphatic heterocycles. The van der Waals surface area contributed by atoms with Crippen molar-refractivity contribution >= 4 is 0 Å². The first-order valence-electron chi connectivity index (χ1n) is 6.78. The molecular weight excluding hydrogens is 226 g/mol. The third-order valence-corrected chi connectivity index (χ3v) is 2.70. The van der Waals surface area contributed by atoms with Crippen molar-refractivity contribution in [2.24, 2.45) is 0 Å². The molecule has 0 aliphatic carbocycles. The van der Waals surface area contributed by atoms with E-state index in [9.17, 15) is 0 Å². The van der Waals surface area contributed by atoms with Crippen molar-refractivity contribution in [2.45, 2.75) is 26.2 Å². The molecule has 102 valence electrons. The number of hydrogen-bond acceptors (Lipinski definition) is 3. The molecule has 18 heavy (non-hydrogen) atoms. The van der Waals surface area contributed by atoms with Gasteiger partial charge in [0.2, 0.25) is 0 Å². The molecule has 0 amide bonds. The number of ether oxygens (including phenoxy) is 2. The summed E-state index contributed by atoms with van der Waals surface area (Å²) in [5.74, 6) is 0.971. The van der Waals surface area contributed by atoms with Crippen LogP contribution in [0.15, 0.2) is 24.3 Å². The van der Waals surface area contributed by atoms with E-state index in [1.807, 2.05) is 0 Å². The van der Waals surface area contributed by atoms with Crippen LogP contribution in [0.5, 0.6) is 5.75 Å². The highest BCUT2D eigenvalue weighted by Crippen LogP contribution is 2.13. The fourth-order valence-corrected chi connectivity index (χ4v) is 1.69. The van der Waals surface area contributed by atoms with Gasteiger partial charge in [0.1, 0.15) is 5.75 Å². The minimum atomic E-state index is 0.781. The first kappa shape index (κ1) is 15.0. The van der Waals surface area contributed by atoms with Gasteiger partial charge in [0.05, 0.1) is 13.2 Å². The number of hydrogen-bond donors (Lipinski definition) is 1. The van der Waals surface area contributed by atoms with E-state index in [-0.39, 0.29) is 0 Å². The van der Waals surface area contributed by atoms with Gasteiger partial charge in [-0.2, -0.15) is 0 Å². The maximum atomic E-state index is 5.55. The third-order valence-electron chi connectivity index (χ3n) is 2.70. The summed E-state index contributed by atoms with van der Waals surface area (Å²) in [7, 11) is 1.73. The first-order valence-corrected chi connectivity index (χ1v) is 6.78. The second-order valence-electron chi connectivity index (χ2n) is 4.34. The fourth-order valence-electron chi connectivity index (χ4n) is 1.69. The lowest BCUT2D eigenvalue weighted by Crippen LogP contribution is -2.20. The summed E-state index contributed by atoms with van der Waals surface area (Å²) in [5, 5.41) is 3.35. The Hall–Kier alpha value is -1.06. The molecule has 0 aliphatic rings. The highest BCUT2D eigenvalue weighted by Gasteiger charge is 1.96. The van der Waals surface area contributed by atoms with Crippen LogP contribution in [0.3, 0.4) is 0 Å². The number of rotatable bonds is 10. The number of methoxy groups -OCH3 is 1. The lowest BCUT2D eigenvalue weighted by molar-refractivity contribution is 0.199. The minimum Gasteiger partial charge on any atom is -0.494 e. The van der Waals surface area contributed by atoms with E-state index in [1.54, 1.807) is 7.11 Å². The molecule has 1 rings (SSSR count). The summed E-state index contributed by atoms with van der Waals surface area (Å²) in [4.78, 5) is 0. The van der Waals surface area contributed by atoms with Crippen molar-refractivity contribution < 1.29 is 9.47 Å². The van der Waals surface area contributed by atoms with Crippen molar-refractivity contribution in [1.29, 1.82) is 0 Å². The van der Waals surface area contributed by atoms with Crippen LogP contribution in [0.4, 0.5) is 0 Å². The van der Waals surface area contributed by atoms with Gasteiger partial charge in [0.25, 0.3) is 0 Å². The van der Waals surface area contributed by atoms with Crippen molar-refractivity contribution in [3.63, 3.8) is 0 Å². The second-order valence-corrected chi connectivity index (χ2v) is 4.34. The van der Waals surface area contributed by atoms with Gasteiger partial charge in [-0.05, 0) is 43.5 Å². The monoisotopic (exact) mass is 251 g/mol. The Morgan fingerprint density at radius 1 is 1.06 bits per heavy atom. The second kappa shape index (κ2) is 9.92. The van der Waals surface area contributed by atoms with E-state index in [0.717, 1.165) is 51.3 Å². The number of benzene rings is 1. The van der Waals surface area contributed by atoms with Crippen LogP contribution in [0.25, 0.3) is 0 Å². The van der Waals surface area contributed by atoms with Gasteiger partial charge >= 0.3 is 0 Å². The molecule has 1 N–H and O–H groups in total. The molecular formula is C15H25NO2. The lowest BCUT2D eigenvalue weighted by atomic mass is 10.1. The molecule has 0 fully saturated rings. The molecule has 1 aromatic rings. The zero-order valence-electron chi connectivity index (χ0n) is 11.6. The Bertz CT molecular complexity index is 298. The van der Waals surface area contributed by atoms with E-state index < -0.39 is 0 Å². The minimum absolute atomic E-state index is 0.781. The molecule has 0 radical (unpaired) electrons. The zero-order valence-corrected chi connectivity index (χ0v) is 11.6. The van der Waals surface area contributed by atoms with E-state index in [2.05, 4.69) is 36.5 Å². The molecule has 1 aromatic carbocycles. The van der Waals surface area contributed by atoms with Gasteiger partial charge in [0, 0.05) is 13.7 Å². The standard InChI is InChI=1S/C15H25NO2/c1-3-12-18-15-8-6-14(7-9-15)5-4-10-16-11-13-17-2/h6-9,16H,3-5,10-13H2,1-2H3. The Labute approximate surface area is 110 Å². The van der Waals surface area contributed by atoms with E-state index >= 15 is 0 Å². The van der Waals surface area contributed by atoms with Crippen molar-refractivity contribution in [2.75, 3.05) is 33.4 Å². The van der Waals surface area contributed by atoms with Crippen molar-refractivity contribution in [3.8, 4) is 5.75 Å². The SMILES string of the molecule is CCCOc1ccc(CCCNCCOC)cc1. The summed E-state index contributed by atoms with van der Waals surface area (Å²) in [6.45, 7) is 5.66. The van der Waals surface area contributed by atoms with Crippen LogP contribution in [-0.2, 0) is 11.2 Å². The van der Waals surface area contributed by atoms with E-state index in [4.69, 9.17) is 9.47 Å². The number of aryl methyl sites for hydroxylation is 1. The molecule has 0 unspecified atom stereocenters. The van der Waals surface area contributed by atoms with E-state index in [1.165, 1.54) is 5.56 Å². The highest BCUT2D eigenvalue weighted by molar-refractivity contribution is 5.27. The van der Waals surface area contributed by atoms with E-state index in [0.29, 0.717) is 0 Å². The summed E-state index contributed by atoms with van der Waals surface area (Å²) in [6.07, 6.45) is 3.31.